The van der Waals surface area contributed by atoms with Crippen LogP contribution in [0.2, 0.25) is 5.02 Å². The lowest BCUT2D eigenvalue weighted by atomic mass is 9.93. The molecule has 2 aromatic carbocycles. The number of fused-ring (bicyclic) bond motifs is 2. The zero-order valence-corrected chi connectivity index (χ0v) is 18.4. The first kappa shape index (κ1) is 21.4. The lowest BCUT2D eigenvalue weighted by Crippen LogP contribution is -2.58. The van der Waals surface area contributed by atoms with Gasteiger partial charge in [-0.25, -0.2) is 9.59 Å². The van der Waals surface area contributed by atoms with Crippen LogP contribution < -0.4 is 10.1 Å². The molecule has 7 nitrogen and oxygen atoms in total. The number of imide groups is 2. The van der Waals surface area contributed by atoms with Gasteiger partial charge < -0.3 is 4.74 Å². The Morgan fingerprint density at radius 3 is 2.48 bits per heavy atom. The lowest BCUT2D eigenvalue weighted by Gasteiger charge is -2.35. The van der Waals surface area contributed by atoms with Gasteiger partial charge in [-0.2, -0.15) is 0 Å². The molecule has 0 spiro atoms. The van der Waals surface area contributed by atoms with Crippen LogP contribution in [0, 0.1) is 11.8 Å². The Hall–Kier alpha value is -3.45. The van der Waals surface area contributed by atoms with E-state index in [1.165, 1.54) is 11.0 Å². The van der Waals surface area contributed by atoms with E-state index in [0.717, 1.165) is 25.7 Å². The number of barbiturate groups is 1. The van der Waals surface area contributed by atoms with Crippen LogP contribution in [0.15, 0.2) is 54.1 Å². The number of halogens is 1. The van der Waals surface area contributed by atoms with E-state index in [-0.39, 0.29) is 23.3 Å². The van der Waals surface area contributed by atoms with Gasteiger partial charge in [-0.05, 0) is 67.5 Å². The first-order chi connectivity index (χ1) is 15.9. The number of nitrogens with one attached hydrogen (secondary N) is 1. The summed E-state index contributed by atoms with van der Waals surface area (Å²) in [5.74, 6) is -0.974. The zero-order valence-electron chi connectivity index (χ0n) is 17.6. The van der Waals surface area contributed by atoms with E-state index in [0.29, 0.717) is 22.1 Å². The first-order valence-electron chi connectivity index (χ1n) is 10.9. The van der Waals surface area contributed by atoms with Crippen molar-refractivity contribution in [2.24, 2.45) is 11.8 Å². The van der Waals surface area contributed by atoms with Crippen LogP contribution >= 0.6 is 11.6 Å². The van der Waals surface area contributed by atoms with Crippen molar-refractivity contribution in [1.29, 1.82) is 0 Å². The van der Waals surface area contributed by atoms with E-state index >= 15 is 0 Å². The molecule has 33 heavy (non-hydrogen) atoms. The molecule has 168 valence electrons. The van der Waals surface area contributed by atoms with Gasteiger partial charge in [0.05, 0.1) is 5.56 Å². The topological polar surface area (TPSA) is 92.8 Å². The Morgan fingerprint density at radius 2 is 1.79 bits per heavy atom. The average molecular weight is 465 g/mol. The monoisotopic (exact) mass is 464 g/mol. The summed E-state index contributed by atoms with van der Waals surface area (Å²) in [7, 11) is 0. The normalized spacial score (nSPS) is 25.5. The fourth-order valence-electron chi connectivity index (χ4n) is 5.09. The Labute approximate surface area is 195 Å². The largest absolute Gasteiger partial charge is 0.422 e. The van der Waals surface area contributed by atoms with Crippen molar-refractivity contribution in [3.63, 3.8) is 0 Å². The number of carbonyl (C=O) groups is 4. The van der Waals surface area contributed by atoms with E-state index in [9.17, 15) is 19.2 Å². The number of nitrogens with zero attached hydrogens (tertiary/aromatic N) is 1. The summed E-state index contributed by atoms with van der Waals surface area (Å²) in [6, 6.07) is 12.0. The van der Waals surface area contributed by atoms with Crippen LogP contribution in [-0.2, 0) is 9.59 Å². The molecule has 4 amide bonds. The molecule has 1 saturated heterocycles. The van der Waals surface area contributed by atoms with Gasteiger partial charge in [0.2, 0.25) is 0 Å². The molecule has 0 radical (unpaired) electrons. The van der Waals surface area contributed by atoms with Gasteiger partial charge in [0.1, 0.15) is 11.3 Å². The highest BCUT2D eigenvalue weighted by Gasteiger charge is 2.49. The summed E-state index contributed by atoms with van der Waals surface area (Å²) in [6.45, 7) is 0. The molecule has 2 aromatic rings. The predicted octanol–water partition coefficient (Wildman–Crippen LogP) is 4.21. The summed E-state index contributed by atoms with van der Waals surface area (Å²) >= 11 is 5.87. The Kier molecular flexibility index (Phi) is 5.50. The molecule has 3 atom stereocenters. The SMILES string of the molecule is O=C1NC(=O)N([C@H]2C[C@H]3CC[C@H]2C3)C(=O)/C1=C\c1ccccc1OC(=O)c1ccc(Cl)cc1. The smallest absolute Gasteiger partial charge is 0.343 e. The van der Waals surface area contributed by atoms with Crippen molar-refractivity contribution in [2.75, 3.05) is 0 Å². The van der Waals surface area contributed by atoms with Crippen LogP contribution in [0.1, 0.15) is 41.6 Å². The summed E-state index contributed by atoms with van der Waals surface area (Å²) in [6.07, 6.45) is 5.27. The Balaban J connectivity index is 1.43. The lowest BCUT2D eigenvalue weighted by molar-refractivity contribution is -0.132. The quantitative estimate of drug-likeness (QED) is 0.316. The van der Waals surface area contributed by atoms with Gasteiger partial charge >= 0.3 is 12.0 Å². The van der Waals surface area contributed by atoms with Crippen LogP contribution in [0.5, 0.6) is 5.75 Å². The van der Waals surface area contributed by atoms with Gasteiger partial charge in [0.15, 0.2) is 0 Å². The maximum absolute atomic E-state index is 13.3. The number of carbonyl (C=O) groups excluding carboxylic acids is 4. The molecule has 1 heterocycles. The van der Waals surface area contributed by atoms with Gasteiger partial charge in [-0.1, -0.05) is 36.2 Å². The van der Waals surface area contributed by atoms with Crippen molar-refractivity contribution >= 4 is 41.5 Å². The predicted molar refractivity (Wildman–Crippen MR) is 120 cm³/mol. The molecule has 0 unspecified atom stereocenters. The summed E-state index contributed by atoms with van der Waals surface area (Å²) in [5.41, 5.74) is 0.523. The molecule has 2 bridgehead atoms. The van der Waals surface area contributed by atoms with E-state index in [4.69, 9.17) is 16.3 Å². The molecular weight excluding hydrogens is 444 g/mol. The molecule has 5 rings (SSSR count). The number of para-hydroxylation sites is 1. The molecule has 3 fully saturated rings. The molecule has 2 aliphatic carbocycles. The average Bonchev–Trinajstić information content (AvgIpc) is 3.42. The van der Waals surface area contributed by atoms with E-state index in [1.54, 1.807) is 48.5 Å². The molecule has 0 aromatic heterocycles. The second-order valence-electron chi connectivity index (χ2n) is 8.67. The molecule has 1 aliphatic heterocycles. The molecule has 8 heteroatoms. The zero-order chi connectivity index (χ0) is 23.1. The molecular formula is C25H21ClN2O5. The maximum atomic E-state index is 13.3. The molecule has 1 N–H and O–H groups in total. The maximum Gasteiger partial charge on any atom is 0.343 e. The third-order valence-electron chi connectivity index (χ3n) is 6.67. The fraction of sp³-hybridized carbons (Fsp3) is 0.280. The van der Waals surface area contributed by atoms with E-state index in [2.05, 4.69) is 5.32 Å². The summed E-state index contributed by atoms with van der Waals surface area (Å²) < 4.78 is 5.52. The number of amides is 4. The second-order valence-corrected chi connectivity index (χ2v) is 9.11. The van der Waals surface area contributed by atoms with Crippen molar-refractivity contribution in [3.05, 3.63) is 70.3 Å². The van der Waals surface area contributed by atoms with E-state index in [1.807, 2.05) is 0 Å². The van der Waals surface area contributed by atoms with Crippen LogP contribution in [0.3, 0.4) is 0 Å². The van der Waals surface area contributed by atoms with Crippen molar-refractivity contribution in [1.82, 2.24) is 10.2 Å². The van der Waals surface area contributed by atoms with Gasteiger partial charge in [0, 0.05) is 16.6 Å². The highest BCUT2D eigenvalue weighted by Crippen LogP contribution is 2.47. The van der Waals surface area contributed by atoms with Crippen LogP contribution in [0.4, 0.5) is 4.79 Å². The minimum Gasteiger partial charge on any atom is -0.422 e. The third kappa shape index (κ3) is 4.04. The Bertz CT molecular complexity index is 1190. The molecule has 2 saturated carbocycles. The number of hydrogen-bond donors (Lipinski definition) is 1. The van der Waals surface area contributed by atoms with Gasteiger partial charge in [-0.3, -0.25) is 19.8 Å². The number of ether oxygens (including phenoxy) is 1. The van der Waals surface area contributed by atoms with Crippen LogP contribution in [0.25, 0.3) is 6.08 Å². The Morgan fingerprint density at radius 1 is 1.03 bits per heavy atom. The summed E-state index contributed by atoms with van der Waals surface area (Å²) in [5, 5.41) is 2.79. The highest BCUT2D eigenvalue weighted by molar-refractivity contribution is 6.31. The number of rotatable bonds is 4. The number of benzene rings is 2. The number of esters is 1. The molecule has 3 aliphatic rings. The standard InChI is InChI=1S/C25H21ClN2O5/c26-18-9-7-15(8-10-18)24(31)33-21-4-2-1-3-17(21)13-19-22(29)27-25(32)28(23(19)30)20-12-14-5-6-16(20)11-14/h1-4,7-10,13-14,16,20H,5-6,11-12H2,(H,27,29,32)/b19-13-/t14-,16-,20-/m0/s1. The minimum absolute atomic E-state index is 0.160. The summed E-state index contributed by atoms with van der Waals surface area (Å²) in [4.78, 5) is 52.1. The minimum atomic E-state index is -0.761. The number of urea groups is 1. The van der Waals surface area contributed by atoms with Crippen molar-refractivity contribution < 1.29 is 23.9 Å². The second kappa shape index (κ2) is 8.48. The number of hydrogen-bond acceptors (Lipinski definition) is 5. The van der Waals surface area contributed by atoms with Crippen molar-refractivity contribution in [2.45, 2.75) is 31.7 Å². The van der Waals surface area contributed by atoms with Crippen molar-refractivity contribution in [3.8, 4) is 5.75 Å². The van der Waals surface area contributed by atoms with Gasteiger partial charge in [0.25, 0.3) is 11.8 Å². The third-order valence-corrected chi connectivity index (χ3v) is 6.92. The highest BCUT2D eigenvalue weighted by atomic mass is 35.5. The fourth-order valence-corrected chi connectivity index (χ4v) is 5.22. The first-order valence-corrected chi connectivity index (χ1v) is 11.3. The van der Waals surface area contributed by atoms with Gasteiger partial charge in [-0.15, -0.1) is 0 Å². The van der Waals surface area contributed by atoms with E-state index < -0.39 is 23.8 Å². The van der Waals surface area contributed by atoms with Crippen LogP contribution in [-0.4, -0.2) is 34.8 Å².